The number of nitrogens with zero attached hydrogens (tertiary/aromatic N) is 2. The predicted molar refractivity (Wildman–Crippen MR) is 103 cm³/mol. The minimum Gasteiger partial charge on any atom is -0.448 e. The molecule has 0 unspecified atom stereocenters. The van der Waals surface area contributed by atoms with Gasteiger partial charge in [0.1, 0.15) is 16.5 Å². The lowest BCUT2D eigenvalue weighted by molar-refractivity contribution is -0.123. The van der Waals surface area contributed by atoms with Gasteiger partial charge >= 0.3 is 5.97 Å². The number of anilines is 1. The smallest absolute Gasteiger partial charge is 0.349 e. The maximum absolute atomic E-state index is 14.0. The molecule has 3 rings (SSSR count). The van der Waals surface area contributed by atoms with Gasteiger partial charge in [0.05, 0.1) is 6.20 Å². The molecule has 0 saturated heterocycles. The third-order valence-corrected chi connectivity index (χ3v) is 5.39. The van der Waals surface area contributed by atoms with Gasteiger partial charge in [-0.15, -0.1) is 11.3 Å². The number of aromatic nitrogens is 2. The number of rotatable bonds is 5. The third kappa shape index (κ3) is 3.71. The van der Waals surface area contributed by atoms with E-state index in [1.807, 2.05) is 13.8 Å². The summed E-state index contributed by atoms with van der Waals surface area (Å²) in [5.41, 5.74) is 0.517. The van der Waals surface area contributed by atoms with Gasteiger partial charge in [-0.1, -0.05) is 6.07 Å². The van der Waals surface area contributed by atoms with Crippen LogP contribution in [0, 0.1) is 12.7 Å². The molecule has 27 heavy (non-hydrogen) atoms. The Morgan fingerprint density at radius 3 is 2.67 bits per heavy atom. The van der Waals surface area contributed by atoms with Gasteiger partial charge in [-0.05, 0) is 45.4 Å². The highest BCUT2D eigenvalue weighted by molar-refractivity contribution is 7.21. The number of nitrogens with one attached hydrogen (secondary N) is 1. The van der Waals surface area contributed by atoms with Crippen molar-refractivity contribution in [2.45, 2.75) is 39.8 Å². The summed E-state index contributed by atoms with van der Waals surface area (Å²) in [5.74, 6) is -0.963. The standard InChI is InChI=1S/C19H20FN3O3S/c1-10(2)23-15(8-9-21-23)22-18(24)12(4)26-19(25)17-11(3)16-13(20)6-5-7-14(16)27-17/h5-10,12H,1-4H3,(H,22,24)/t12-/m0/s1. The molecule has 142 valence electrons. The van der Waals surface area contributed by atoms with E-state index in [4.69, 9.17) is 4.74 Å². The van der Waals surface area contributed by atoms with Crippen LogP contribution >= 0.6 is 11.3 Å². The zero-order valence-electron chi connectivity index (χ0n) is 15.4. The Morgan fingerprint density at radius 1 is 1.26 bits per heavy atom. The van der Waals surface area contributed by atoms with Crippen LogP contribution in [0.1, 0.15) is 42.0 Å². The lowest BCUT2D eigenvalue weighted by atomic mass is 10.1. The SMILES string of the molecule is Cc1c(C(=O)O[C@@H](C)C(=O)Nc2ccnn2C(C)C)sc2cccc(F)c12. The lowest BCUT2D eigenvalue weighted by Gasteiger charge is -2.15. The Bertz CT molecular complexity index is 1010. The van der Waals surface area contributed by atoms with E-state index < -0.39 is 18.0 Å². The summed E-state index contributed by atoms with van der Waals surface area (Å²) in [6, 6.07) is 6.44. The van der Waals surface area contributed by atoms with Gasteiger partial charge in [0.2, 0.25) is 0 Å². The average Bonchev–Trinajstić information content (AvgIpc) is 3.20. The second-order valence-corrected chi connectivity index (χ2v) is 7.51. The predicted octanol–water partition coefficient (Wildman–Crippen LogP) is 4.31. The third-order valence-electron chi connectivity index (χ3n) is 4.15. The number of aryl methyl sites for hydroxylation is 1. The average molecular weight is 389 g/mol. The molecule has 1 aromatic carbocycles. The Hall–Kier alpha value is -2.74. The number of halogens is 1. The second kappa shape index (κ2) is 7.48. The van der Waals surface area contributed by atoms with Gasteiger partial charge in [0.15, 0.2) is 6.10 Å². The summed E-state index contributed by atoms with van der Waals surface area (Å²) < 4.78 is 21.6. The molecule has 0 aliphatic heterocycles. The Labute approximate surface area is 159 Å². The fraction of sp³-hybridized carbons (Fsp3) is 0.316. The molecular weight excluding hydrogens is 369 g/mol. The number of benzene rings is 1. The number of amides is 1. The van der Waals surface area contributed by atoms with Crippen molar-refractivity contribution < 1.29 is 18.7 Å². The van der Waals surface area contributed by atoms with E-state index in [-0.39, 0.29) is 11.9 Å². The van der Waals surface area contributed by atoms with E-state index in [2.05, 4.69) is 10.4 Å². The van der Waals surface area contributed by atoms with E-state index in [1.165, 1.54) is 13.0 Å². The molecule has 0 fully saturated rings. The molecule has 8 heteroatoms. The minimum absolute atomic E-state index is 0.0734. The highest BCUT2D eigenvalue weighted by Gasteiger charge is 2.24. The van der Waals surface area contributed by atoms with Crippen molar-refractivity contribution in [3.8, 4) is 0 Å². The van der Waals surface area contributed by atoms with Crippen molar-refractivity contribution >= 4 is 39.1 Å². The molecule has 6 nitrogen and oxygen atoms in total. The summed E-state index contributed by atoms with van der Waals surface area (Å²) in [5, 5.41) is 7.26. The molecule has 2 aromatic heterocycles. The van der Waals surface area contributed by atoms with Crippen molar-refractivity contribution in [2.24, 2.45) is 0 Å². The molecule has 0 bridgehead atoms. The van der Waals surface area contributed by atoms with Crippen molar-refractivity contribution in [1.29, 1.82) is 0 Å². The van der Waals surface area contributed by atoms with Crippen LogP contribution in [0.5, 0.6) is 0 Å². The van der Waals surface area contributed by atoms with E-state index in [0.29, 0.717) is 26.3 Å². The first kappa shape index (κ1) is 19.0. The number of hydrogen-bond acceptors (Lipinski definition) is 5. The summed E-state index contributed by atoms with van der Waals surface area (Å²) in [6.45, 7) is 7.04. The first-order valence-corrected chi connectivity index (χ1v) is 9.34. The zero-order valence-corrected chi connectivity index (χ0v) is 16.3. The number of ether oxygens (including phenoxy) is 1. The molecule has 0 saturated carbocycles. The number of esters is 1. The molecule has 0 spiro atoms. The van der Waals surface area contributed by atoms with Gasteiger partial charge in [0.25, 0.3) is 5.91 Å². The van der Waals surface area contributed by atoms with Crippen LogP contribution in [0.15, 0.2) is 30.5 Å². The topological polar surface area (TPSA) is 73.2 Å². The van der Waals surface area contributed by atoms with Crippen LogP contribution < -0.4 is 5.32 Å². The molecular formula is C19H20FN3O3S. The molecule has 1 atom stereocenters. The summed E-state index contributed by atoms with van der Waals surface area (Å²) in [6.07, 6.45) is 0.573. The van der Waals surface area contributed by atoms with Gasteiger partial charge < -0.3 is 10.1 Å². The molecule has 3 aromatic rings. The number of carbonyl (C=O) groups excluding carboxylic acids is 2. The minimum atomic E-state index is -1.01. The van der Waals surface area contributed by atoms with E-state index in [9.17, 15) is 14.0 Å². The van der Waals surface area contributed by atoms with Crippen molar-refractivity contribution in [1.82, 2.24) is 9.78 Å². The first-order valence-electron chi connectivity index (χ1n) is 8.52. The van der Waals surface area contributed by atoms with Crippen LogP contribution in [0.3, 0.4) is 0 Å². The summed E-state index contributed by atoms with van der Waals surface area (Å²) in [7, 11) is 0. The van der Waals surface area contributed by atoms with E-state index in [0.717, 1.165) is 11.3 Å². The Morgan fingerprint density at radius 2 is 2.00 bits per heavy atom. The number of carbonyl (C=O) groups is 2. The van der Waals surface area contributed by atoms with Crippen LogP contribution in [0.2, 0.25) is 0 Å². The molecule has 0 radical (unpaired) electrons. The van der Waals surface area contributed by atoms with E-state index in [1.54, 1.807) is 36.0 Å². The fourth-order valence-electron chi connectivity index (χ4n) is 2.77. The number of thiophene rings is 1. The fourth-order valence-corrected chi connectivity index (χ4v) is 3.87. The first-order chi connectivity index (χ1) is 12.8. The van der Waals surface area contributed by atoms with E-state index >= 15 is 0 Å². The van der Waals surface area contributed by atoms with Gasteiger partial charge in [-0.2, -0.15) is 5.10 Å². The zero-order chi connectivity index (χ0) is 19.7. The Kier molecular flexibility index (Phi) is 5.27. The van der Waals surface area contributed by atoms with Gasteiger partial charge in [-0.25, -0.2) is 13.9 Å². The molecule has 0 aliphatic carbocycles. The lowest BCUT2D eigenvalue weighted by Crippen LogP contribution is -2.31. The number of hydrogen-bond donors (Lipinski definition) is 1. The highest BCUT2D eigenvalue weighted by Crippen LogP contribution is 2.33. The normalized spacial score (nSPS) is 12.4. The molecule has 2 heterocycles. The Balaban J connectivity index is 1.74. The molecule has 1 N–H and O–H groups in total. The summed E-state index contributed by atoms with van der Waals surface area (Å²) in [4.78, 5) is 25.2. The largest absolute Gasteiger partial charge is 0.448 e. The highest BCUT2D eigenvalue weighted by atomic mass is 32.1. The number of fused-ring (bicyclic) bond motifs is 1. The van der Waals surface area contributed by atoms with Crippen molar-refractivity contribution in [3.63, 3.8) is 0 Å². The van der Waals surface area contributed by atoms with Crippen molar-refractivity contribution in [3.05, 3.63) is 46.7 Å². The van der Waals surface area contributed by atoms with Gasteiger partial charge in [0, 0.05) is 22.2 Å². The maximum atomic E-state index is 14.0. The van der Waals surface area contributed by atoms with Crippen LogP contribution in [-0.2, 0) is 9.53 Å². The van der Waals surface area contributed by atoms with Crippen molar-refractivity contribution in [2.75, 3.05) is 5.32 Å². The van der Waals surface area contributed by atoms with Crippen LogP contribution in [0.4, 0.5) is 10.2 Å². The molecule has 1 amide bonds. The quantitative estimate of drug-likeness (QED) is 0.660. The molecule has 0 aliphatic rings. The summed E-state index contributed by atoms with van der Waals surface area (Å²) >= 11 is 1.15. The second-order valence-electron chi connectivity index (χ2n) is 6.46. The van der Waals surface area contributed by atoms with Gasteiger partial charge in [-0.3, -0.25) is 4.79 Å². The maximum Gasteiger partial charge on any atom is 0.349 e. The van der Waals surface area contributed by atoms with Crippen LogP contribution in [-0.4, -0.2) is 27.8 Å². The van der Waals surface area contributed by atoms with Crippen LogP contribution in [0.25, 0.3) is 10.1 Å². The monoisotopic (exact) mass is 389 g/mol.